The van der Waals surface area contributed by atoms with Gasteiger partial charge in [0, 0.05) is 12.6 Å². The summed E-state index contributed by atoms with van der Waals surface area (Å²) in [5.41, 5.74) is 0. The fourth-order valence-corrected chi connectivity index (χ4v) is 1.53. The van der Waals surface area contributed by atoms with E-state index in [-0.39, 0.29) is 19.1 Å². The van der Waals surface area contributed by atoms with Crippen LogP contribution < -0.4 is 20.1 Å². The average molecular weight is 296 g/mol. The van der Waals surface area contributed by atoms with E-state index >= 15 is 0 Å². The van der Waals surface area contributed by atoms with E-state index in [1.54, 1.807) is 19.2 Å². The van der Waals surface area contributed by atoms with Gasteiger partial charge in [-0.1, -0.05) is 6.07 Å². The second kappa shape index (κ2) is 8.68. The zero-order valence-corrected chi connectivity index (χ0v) is 12.1. The number of carboxylic acids is 1. The smallest absolute Gasteiger partial charge is 0.314 e. The topological polar surface area (TPSA) is 96.9 Å². The van der Waals surface area contributed by atoms with Crippen molar-refractivity contribution in [3.05, 3.63) is 24.3 Å². The number of carbonyl (C=O) groups is 2. The van der Waals surface area contributed by atoms with Gasteiger partial charge in [-0.25, -0.2) is 4.79 Å². The van der Waals surface area contributed by atoms with E-state index in [1.165, 1.54) is 0 Å². The van der Waals surface area contributed by atoms with Crippen LogP contribution in [0.3, 0.4) is 0 Å². The highest BCUT2D eigenvalue weighted by atomic mass is 16.5. The molecule has 1 aromatic rings. The number of methoxy groups -OCH3 is 1. The Morgan fingerprint density at radius 2 is 2.00 bits per heavy atom. The van der Waals surface area contributed by atoms with Crippen LogP contribution in [0.4, 0.5) is 4.79 Å². The van der Waals surface area contributed by atoms with Gasteiger partial charge >= 0.3 is 12.0 Å². The molecule has 1 atom stereocenters. The normalized spacial score (nSPS) is 11.3. The first kappa shape index (κ1) is 16.6. The van der Waals surface area contributed by atoms with Crippen LogP contribution in [0.2, 0.25) is 0 Å². The molecule has 0 saturated carbocycles. The zero-order chi connectivity index (χ0) is 15.7. The first-order valence-corrected chi connectivity index (χ1v) is 6.55. The number of carboxylic acid groups (broad SMARTS) is 1. The Hall–Kier alpha value is -2.44. The molecule has 116 valence electrons. The quantitative estimate of drug-likeness (QED) is 0.670. The molecule has 0 aliphatic carbocycles. The zero-order valence-electron chi connectivity index (χ0n) is 12.1. The van der Waals surface area contributed by atoms with Gasteiger partial charge in [-0.15, -0.1) is 0 Å². The predicted molar refractivity (Wildman–Crippen MR) is 76.7 cm³/mol. The Bertz CT molecular complexity index is 478. The lowest BCUT2D eigenvalue weighted by molar-refractivity contribution is -0.136. The number of rotatable bonds is 8. The number of ether oxygens (including phenoxy) is 2. The molecule has 21 heavy (non-hydrogen) atoms. The van der Waals surface area contributed by atoms with Gasteiger partial charge in [-0.2, -0.15) is 0 Å². The third kappa shape index (κ3) is 7.05. The summed E-state index contributed by atoms with van der Waals surface area (Å²) >= 11 is 0. The summed E-state index contributed by atoms with van der Waals surface area (Å²) in [7, 11) is 1.57. The maximum Gasteiger partial charge on any atom is 0.314 e. The van der Waals surface area contributed by atoms with Crippen molar-refractivity contribution in [2.24, 2.45) is 0 Å². The van der Waals surface area contributed by atoms with E-state index in [9.17, 15) is 9.59 Å². The van der Waals surface area contributed by atoms with E-state index in [4.69, 9.17) is 14.6 Å². The average Bonchev–Trinajstić information content (AvgIpc) is 2.45. The first-order valence-electron chi connectivity index (χ1n) is 6.55. The highest BCUT2D eigenvalue weighted by Crippen LogP contribution is 2.19. The molecule has 0 fully saturated rings. The molecule has 1 rings (SSSR count). The van der Waals surface area contributed by atoms with Gasteiger partial charge in [0.15, 0.2) is 0 Å². The maximum atomic E-state index is 11.4. The lowest BCUT2D eigenvalue weighted by Gasteiger charge is -2.16. The molecule has 7 heteroatoms. The van der Waals surface area contributed by atoms with Crippen LogP contribution in [-0.2, 0) is 4.79 Å². The van der Waals surface area contributed by atoms with E-state index in [0.717, 1.165) is 0 Å². The lowest BCUT2D eigenvalue weighted by Crippen LogP contribution is -2.41. The van der Waals surface area contributed by atoms with Crippen LogP contribution in [0.25, 0.3) is 0 Å². The van der Waals surface area contributed by atoms with Crippen molar-refractivity contribution in [3.8, 4) is 11.5 Å². The largest absolute Gasteiger partial charge is 0.497 e. The van der Waals surface area contributed by atoms with Crippen molar-refractivity contribution in [1.82, 2.24) is 10.6 Å². The van der Waals surface area contributed by atoms with Crippen molar-refractivity contribution < 1.29 is 24.2 Å². The van der Waals surface area contributed by atoms with E-state index in [1.807, 2.05) is 19.1 Å². The Morgan fingerprint density at radius 3 is 2.67 bits per heavy atom. The van der Waals surface area contributed by atoms with Gasteiger partial charge in [0.2, 0.25) is 0 Å². The van der Waals surface area contributed by atoms with Gasteiger partial charge < -0.3 is 25.2 Å². The van der Waals surface area contributed by atoms with Gasteiger partial charge in [0.05, 0.1) is 20.1 Å². The SMILES string of the molecule is COc1cccc(OC(C)CNC(=O)NCCC(=O)O)c1. The summed E-state index contributed by atoms with van der Waals surface area (Å²) in [4.78, 5) is 21.7. The number of nitrogens with one attached hydrogen (secondary N) is 2. The fourth-order valence-electron chi connectivity index (χ4n) is 1.53. The molecule has 0 radical (unpaired) electrons. The molecular weight excluding hydrogens is 276 g/mol. The highest BCUT2D eigenvalue weighted by molar-refractivity contribution is 5.74. The minimum Gasteiger partial charge on any atom is -0.497 e. The van der Waals surface area contributed by atoms with Gasteiger partial charge in [-0.3, -0.25) is 4.79 Å². The monoisotopic (exact) mass is 296 g/mol. The summed E-state index contributed by atoms with van der Waals surface area (Å²) in [6.07, 6.45) is -0.342. The van der Waals surface area contributed by atoms with Crippen molar-refractivity contribution in [2.45, 2.75) is 19.4 Å². The molecule has 1 aromatic carbocycles. The van der Waals surface area contributed by atoms with Crippen molar-refractivity contribution in [1.29, 1.82) is 0 Å². The maximum absolute atomic E-state index is 11.4. The summed E-state index contributed by atoms with van der Waals surface area (Å²) in [5, 5.41) is 13.5. The first-order chi connectivity index (χ1) is 10.0. The molecule has 3 N–H and O–H groups in total. The van der Waals surface area contributed by atoms with Crippen LogP contribution in [0.1, 0.15) is 13.3 Å². The van der Waals surface area contributed by atoms with Crippen LogP contribution in [-0.4, -0.2) is 43.4 Å². The molecule has 0 aromatic heterocycles. The molecule has 1 unspecified atom stereocenters. The minimum absolute atomic E-state index is 0.0896. The Kier molecular flexibility index (Phi) is 6.86. The van der Waals surface area contributed by atoms with Crippen LogP contribution in [0.15, 0.2) is 24.3 Å². The molecule has 0 spiro atoms. The second-order valence-corrected chi connectivity index (χ2v) is 4.39. The van der Waals surface area contributed by atoms with Crippen LogP contribution in [0.5, 0.6) is 11.5 Å². The van der Waals surface area contributed by atoms with E-state index in [2.05, 4.69) is 10.6 Å². The number of hydrogen-bond donors (Lipinski definition) is 3. The highest BCUT2D eigenvalue weighted by Gasteiger charge is 2.07. The number of carbonyl (C=O) groups excluding carboxylic acids is 1. The Balaban J connectivity index is 2.28. The number of amides is 2. The third-order valence-corrected chi connectivity index (χ3v) is 2.55. The predicted octanol–water partition coefficient (Wildman–Crippen LogP) is 1.24. The summed E-state index contributed by atoms with van der Waals surface area (Å²) in [6, 6.07) is 6.76. The molecule has 0 aliphatic heterocycles. The molecular formula is C14H20N2O5. The van der Waals surface area contributed by atoms with Gasteiger partial charge in [-0.05, 0) is 19.1 Å². The van der Waals surface area contributed by atoms with Crippen molar-refractivity contribution >= 4 is 12.0 Å². The van der Waals surface area contributed by atoms with Crippen LogP contribution >= 0.6 is 0 Å². The summed E-state index contributed by atoms with van der Waals surface area (Å²) < 4.78 is 10.7. The Morgan fingerprint density at radius 1 is 1.29 bits per heavy atom. The summed E-state index contributed by atoms with van der Waals surface area (Å²) in [5.74, 6) is 0.388. The number of urea groups is 1. The molecule has 0 aliphatic rings. The van der Waals surface area contributed by atoms with E-state index in [0.29, 0.717) is 18.0 Å². The van der Waals surface area contributed by atoms with Crippen molar-refractivity contribution in [2.75, 3.05) is 20.2 Å². The van der Waals surface area contributed by atoms with Crippen molar-refractivity contribution in [3.63, 3.8) is 0 Å². The molecule has 2 amide bonds. The standard InChI is InChI=1S/C14H20N2O5/c1-10(9-16-14(19)15-7-6-13(17)18)21-12-5-3-4-11(8-12)20-2/h3-5,8,10H,6-7,9H2,1-2H3,(H,17,18)(H2,15,16,19). The van der Waals surface area contributed by atoms with Gasteiger partial charge in [0.25, 0.3) is 0 Å². The molecule has 0 bridgehead atoms. The molecule has 0 heterocycles. The lowest BCUT2D eigenvalue weighted by atomic mass is 10.3. The van der Waals surface area contributed by atoms with E-state index < -0.39 is 12.0 Å². The molecule has 7 nitrogen and oxygen atoms in total. The van der Waals surface area contributed by atoms with Crippen LogP contribution in [0, 0.1) is 0 Å². The fraction of sp³-hybridized carbons (Fsp3) is 0.429. The number of benzene rings is 1. The third-order valence-electron chi connectivity index (χ3n) is 2.55. The van der Waals surface area contributed by atoms with Gasteiger partial charge in [0.1, 0.15) is 17.6 Å². The Labute approximate surface area is 123 Å². The number of aliphatic carboxylic acids is 1. The molecule has 0 saturated heterocycles. The second-order valence-electron chi connectivity index (χ2n) is 4.39. The summed E-state index contributed by atoms with van der Waals surface area (Å²) in [6.45, 7) is 2.21. The minimum atomic E-state index is -0.954. The number of hydrogen-bond acceptors (Lipinski definition) is 4.